The van der Waals surface area contributed by atoms with Crippen LogP contribution in [0.2, 0.25) is 0 Å². The number of aryl methyl sites for hydroxylation is 1. The summed E-state index contributed by atoms with van der Waals surface area (Å²) in [4.78, 5) is 16.8. The van der Waals surface area contributed by atoms with Gasteiger partial charge >= 0.3 is 16.4 Å². The normalized spacial score (nSPS) is 12.5. The molecule has 1 aromatic carbocycles. The number of benzene rings is 1. The molecule has 0 bridgehead atoms. The molecule has 0 saturated carbocycles. The Balaban J connectivity index is 1.71. The minimum atomic E-state index is -4.69. The molecule has 204 valence electrons. The molecule has 5 aromatic rings. The Hall–Kier alpha value is -4.31. The maximum atomic E-state index is 13.4. The summed E-state index contributed by atoms with van der Waals surface area (Å²) in [6, 6.07) is 8.07. The zero-order chi connectivity index (χ0) is 28.1. The smallest absolute Gasteiger partial charge is 0.433 e. The fraction of sp³-hybridized carbons (Fsp3) is 0.261. The summed E-state index contributed by atoms with van der Waals surface area (Å²) in [7, 11) is 0.379. The number of nitrogens with zero attached hydrogens (tertiary/aromatic N) is 9. The van der Waals surface area contributed by atoms with Crippen LogP contribution in [0.25, 0.3) is 28.7 Å². The van der Waals surface area contributed by atoms with Crippen LogP contribution in [-0.4, -0.2) is 72.0 Å². The molecule has 12 nitrogen and oxygen atoms in total. The summed E-state index contributed by atoms with van der Waals surface area (Å²) in [5.74, 6) is 1.04. The van der Waals surface area contributed by atoms with Gasteiger partial charge in [0.25, 0.3) is 0 Å². The fourth-order valence-electron chi connectivity index (χ4n) is 3.88. The summed E-state index contributed by atoms with van der Waals surface area (Å²) >= 11 is 0. The second-order valence-electron chi connectivity index (χ2n) is 8.66. The highest BCUT2D eigenvalue weighted by atomic mass is 32.2. The molecule has 0 amide bonds. The van der Waals surface area contributed by atoms with Crippen molar-refractivity contribution in [2.75, 3.05) is 21.2 Å². The van der Waals surface area contributed by atoms with Gasteiger partial charge in [-0.05, 0) is 30.7 Å². The van der Waals surface area contributed by atoms with E-state index in [2.05, 4.69) is 25.0 Å². The summed E-state index contributed by atoms with van der Waals surface area (Å²) < 4.78 is 75.5. The van der Waals surface area contributed by atoms with Gasteiger partial charge in [0, 0.05) is 20.3 Å². The molecular weight excluding hydrogens is 539 g/mol. The van der Waals surface area contributed by atoms with Crippen molar-refractivity contribution in [3.63, 3.8) is 0 Å². The molecule has 0 aliphatic rings. The number of alkyl halides is 3. The Bertz CT molecular complexity index is 1770. The van der Waals surface area contributed by atoms with E-state index in [0.717, 1.165) is 32.4 Å². The van der Waals surface area contributed by atoms with Crippen molar-refractivity contribution >= 4 is 16.0 Å². The van der Waals surface area contributed by atoms with Crippen molar-refractivity contribution in [2.45, 2.75) is 19.6 Å². The number of fused-ring (bicyclic) bond motifs is 1. The number of hydrogen-bond acceptors (Lipinski definition) is 8. The molecule has 39 heavy (non-hydrogen) atoms. The van der Waals surface area contributed by atoms with Gasteiger partial charge in [-0.2, -0.15) is 31.0 Å². The van der Waals surface area contributed by atoms with Crippen LogP contribution in [0.5, 0.6) is 5.75 Å². The summed E-state index contributed by atoms with van der Waals surface area (Å²) in [5.41, 5.74) is 0.174. The van der Waals surface area contributed by atoms with Crippen molar-refractivity contribution in [3.05, 3.63) is 66.1 Å². The van der Waals surface area contributed by atoms with Crippen LogP contribution < -0.4 is 4.74 Å². The highest BCUT2D eigenvalue weighted by molar-refractivity contribution is 7.87. The number of ether oxygens (including phenoxy) is 1. The lowest BCUT2D eigenvalue weighted by Gasteiger charge is -2.10. The predicted molar refractivity (Wildman–Crippen MR) is 133 cm³/mol. The fourth-order valence-corrected chi connectivity index (χ4v) is 4.65. The quantitative estimate of drug-likeness (QED) is 0.297. The van der Waals surface area contributed by atoms with Gasteiger partial charge < -0.3 is 4.74 Å². The Morgan fingerprint density at radius 3 is 2.41 bits per heavy atom. The number of aromatic nitrogens is 8. The molecule has 0 aliphatic heterocycles. The number of hydrogen-bond donors (Lipinski definition) is 0. The third-order valence-corrected chi connectivity index (χ3v) is 7.45. The molecule has 5 rings (SSSR count). The second kappa shape index (κ2) is 9.46. The number of imidazole rings is 2. The summed E-state index contributed by atoms with van der Waals surface area (Å²) in [6.45, 7) is 1.93. The molecule has 0 unspecified atom stereocenters. The monoisotopic (exact) mass is 561 g/mol. The minimum absolute atomic E-state index is 0.126. The van der Waals surface area contributed by atoms with E-state index in [0.29, 0.717) is 11.6 Å². The van der Waals surface area contributed by atoms with Gasteiger partial charge in [0.05, 0.1) is 19.9 Å². The van der Waals surface area contributed by atoms with E-state index in [1.54, 1.807) is 30.8 Å². The van der Waals surface area contributed by atoms with Crippen molar-refractivity contribution in [3.8, 4) is 28.7 Å². The zero-order valence-corrected chi connectivity index (χ0v) is 21.9. The van der Waals surface area contributed by atoms with Gasteiger partial charge in [0.1, 0.15) is 40.7 Å². The lowest BCUT2D eigenvalue weighted by molar-refractivity contribution is -0.141. The standard InChI is InChI=1S/C23H22F3N9O3S/c1-14-28-21(35(31-14)11-15-5-7-16(38-4)8-6-15)19-20(17-12-33(13-27-17)39(36,37)32(2)3)34-10-9-18(23(24,25)26)29-22(34)30-19/h5-10,12-13H,11H2,1-4H3. The van der Waals surface area contributed by atoms with Gasteiger partial charge in [-0.1, -0.05) is 12.1 Å². The van der Waals surface area contributed by atoms with E-state index >= 15 is 0 Å². The molecule has 0 radical (unpaired) electrons. The average molecular weight is 562 g/mol. The van der Waals surface area contributed by atoms with Crippen molar-refractivity contribution in [1.29, 1.82) is 0 Å². The van der Waals surface area contributed by atoms with Crippen LogP contribution in [0.4, 0.5) is 13.2 Å². The van der Waals surface area contributed by atoms with E-state index in [-0.39, 0.29) is 35.2 Å². The van der Waals surface area contributed by atoms with Crippen LogP contribution >= 0.6 is 0 Å². The number of methoxy groups -OCH3 is 1. The van der Waals surface area contributed by atoms with Crippen LogP contribution in [0.3, 0.4) is 0 Å². The first-order valence-electron chi connectivity index (χ1n) is 11.4. The van der Waals surface area contributed by atoms with Gasteiger partial charge in [-0.15, -0.1) is 0 Å². The van der Waals surface area contributed by atoms with Crippen LogP contribution in [0.1, 0.15) is 17.1 Å². The second-order valence-corrected chi connectivity index (χ2v) is 10.7. The third-order valence-electron chi connectivity index (χ3n) is 5.80. The summed E-state index contributed by atoms with van der Waals surface area (Å²) in [6.07, 6.45) is -1.19. The van der Waals surface area contributed by atoms with E-state index in [1.807, 2.05) is 12.1 Å². The van der Waals surface area contributed by atoms with Gasteiger partial charge in [0.2, 0.25) is 5.78 Å². The molecule has 0 saturated heterocycles. The zero-order valence-electron chi connectivity index (χ0n) is 21.1. The topological polar surface area (TPSA) is 125 Å². The van der Waals surface area contributed by atoms with E-state index in [1.165, 1.54) is 24.7 Å². The Morgan fingerprint density at radius 2 is 1.77 bits per heavy atom. The summed E-state index contributed by atoms with van der Waals surface area (Å²) in [5, 5.41) is 4.45. The first kappa shape index (κ1) is 26.3. The molecule has 0 atom stereocenters. The van der Waals surface area contributed by atoms with Crippen molar-refractivity contribution in [1.82, 2.24) is 42.4 Å². The van der Waals surface area contributed by atoms with E-state index in [4.69, 9.17) is 4.74 Å². The van der Waals surface area contributed by atoms with E-state index < -0.39 is 22.1 Å². The first-order chi connectivity index (χ1) is 18.4. The number of rotatable bonds is 7. The van der Waals surface area contributed by atoms with Gasteiger partial charge in [-0.3, -0.25) is 4.40 Å². The lowest BCUT2D eigenvalue weighted by Crippen LogP contribution is -2.27. The highest BCUT2D eigenvalue weighted by Gasteiger charge is 2.34. The number of halogens is 3. The highest BCUT2D eigenvalue weighted by Crippen LogP contribution is 2.33. The maximum absolute atomic E-state index is 13.4. The van der Waals surface area contributed by atoms with Crippen molar-refractivity contribution in [2.24, 2.45) is 0 Å². The minimum Gasteiger partial charge on any atom is -0.497 e. The molecule has 4 aromatic heterocycles. The molecule has 0 aliphatic carbocycles. The molecule has 4 heterocycles. The van der Waals surface area contributed by atoms with Gasteiger partial charge in [0.15, 0.2) is 5.82 Å². The first-order valence-corrected chi connectivity index (χ1v) is 12.8. The van der Waals surface area contributed by atoms with Crippen molar-refractivity contribution < 1.29 is 26.3 Å². The van der Waals surface area contributed by atoms with Gasteiger partial charge in [-0.25, -0.2) is 28.6 Å². The molecule has 0 spiro atoms. The van der Waals surface area contributed by atoms with Crippen LogP contribution in [-0.2, 0) is 22.9 Å². The molecule has 0 N–H and O–H groups in total. The van der Waals surface area contributed by atoms with E-state index in [9.17, 15) is 21.6 Å². The van der Waals surface area contributed by atoms with Crippen LogP contribution in [0.15, 0.2) is 49.1 Å². The Kier molecular flexibility index (Phi) is 6.38. The SMILES string of the molecule is COc1ccc(Cn2nc(C)nc2-c2nc3nc(C(F)(F)F)ccn3c2-c2cn(S(=O)(=O)N(C)C)cn2)cc1. The Labute approximate surface area is 220 Å². The molecule has 16 heteroatoms. The maximum Gasteiger partial charge on any atom is 0.433 e. The molecule has 0 fully saturated rings. The largest absolute Gasteiger partial charge is 0.497 e. The lowest BCUT2D eigenvalue weighted by atomic mass is 10.2. The third kappa shape index (κ3) is 4.83. The predicted octanol–water partition coefficient (Wildman–Crippen LogP) is 2.89. The average Bonchev–Trinajstić information content (AvgIpc) is 3.60. The molecular formula is C23H22F3N9O3S. The van der Waals surface area contributed by atoms with Crippen LogP contribution in [0, 0.1) is 6.92 Å². The Morgan fingerprint density at radius 1 is 1.05 bits per heavy atom.